The number of hydrogen-bond acceptors (Lipinski definition) is 5. The van der Waals surface area contributed by atoms with E-state index >= 15 is 0 Å². The van der Waals surface area contributed by atoms with Gasteiger partial charge in [0.1, 0.15) is 6.04 Å². The zero-order chi connectivity index (χ0) is 18.2. The van der Waals surface area contributed by atoms with Gasteiger partial charge in [0.25, 0.3) is 0 Å². The number of carbonyl (C=O) groups is 3. The highest BCUT2D eigenvalue weighted by Gasteiger charge is 2.33. The highest BCUT2D eigenvalue weighted by atomic mass is 16.5. The van der Waals surface area contributed by atoms with Gasteiger partial charge in [-0.2, -0.15) is 0 Å². The molecule has 0 radical (unpaired) electrons. The normalized spacial score (nSPS) is 16.6. The minimum Gasteiger partial charge on any atom is -0.468 e. The molecule has 0 aliphatic carbocycles. The molecule has 0 fully saturated rings. The van der Waals surface area contributed by atoms with Crippen LogP contribution in [0.15, 0.2) is 24.3 Å². The van der Waals surface area contributed by atoms with E-state index < -0.39 is 18.0 Å². The lowest BCUT2D eigenvalue weighted by molar-refractivity contribution is -0.148. The lowest BCUT2D eigenvalue weighted by Crippen LogP contribution is -2.51. The standard InChI is InChI=1S/C18H25N3O4/c1-3-4-9-19-18(24)20-16(22)12-21-11-14-8-6-5-7-13(14)10-15(21)17(23)25-2/h5-8,15H,3-4,9-12H2,1-2H3,(H2,19,20,22,24)/t15-/m0/s1. The second kappa shape index (κ2) is 9.17. The third-order valence-electron chi connectivity index (χ3n) is 4.23. The summed E-state index contributed by atoms with van der Waals surface area (Å²) in [6.45, 7) is 2.96. The summed E-state index contributed by atoms with van der Waals surface area (Å²) in [6, 6.07) is 6.77. The van der Waals surface area contributed by atoms with Gasteiger partial charge in [-0.1, -0.05) is 37.6 Å². The van der Waals surface area contributed by atoms with Crippen LogP contribution in [0.1, 0.15) is 30.9 Å². The molecule has 2 N–H and O–H groups in total. The molecule has 1 aromatic carbocycles. The summed E-state index contributed by atoms with van der Waals surface area (Å²) in [5, 5.41) is 4.94. The van der Waals surface area contributed by atoms with Gasteiger partial charge in [0, 0.05) is 13.1 Å². The third kappa shape index (κ3) is 5.29. The third-order valence-corrected chi connectivity index (χ3v) is 4.23. The first-order valence-electron chi connectivity index (χ1n) is 8.51. The zero-order valence-corrected chi connectivity index (χ0v) is 14.7. The number of ether oxygens (including phenoxy) is 1. The van der Waals surface area contributed by atoms with Crippen LogP contribution in [-0.2, 0) is 27.3 Å². The van der Waals surface area contributed by atoms with Crippen LogP contribution in [0.2, 0.25) is 0 Å². The first-order chi connectivity index (χ1) is 12.0. The summed E-state index contributed by atoms with van der Waals surface area (Å²) >= 11 is 0. The molecule has 0 bridgehead atoms. The van der Waals surface area contributed by atoms with E-state index in [1.54, 1.807) is 4.90 Å². The number of carbonyl (C=O) groups excluding carboxylic acids is 3. The Balaban J connectivity index is 1.99. The molecule has 1 aliphatic rings. The topological polar surface area (TPSA) is 87.7 Å². The smallest absolute Gasteiger partial charge is 0.323 e. The zero-order valence-electron chi connectivity index (χ0n) is 14.7. The average Bonchev–Trinajstić information content (AvgIpc) is 2.60. The number of esters is 1. The number of fused-ring (bicyclic) bond motifs is 1. The number of hydrogen-bond donors (Lipinski definition) is 2. The molecule has 0 saturated carbocycles. The first kappa shape index (κ1) is 18.9. The second-order valence-electron chi connectivity index (χ2n) is 6.07. The molecule has 7 heteroatoms. The van der Waals surface area contributed by atoms with Gasteiger partial charge in [-0.15, -0.1) is 0 Å². The Labute approximate surface area is 147 Å². The number of rotatable bonds is 6. The van der Waals surface area contributed by atoms with Gasteiger partial charge in [-0.3, -0.25) is 19.8 Å². The van der Waals surface area contributed by atoms with Crippen molar-refractivity contribution < 1.29 is 19.1 Å². The van der Waals surface area contributed by atoms with Crippen LogP contribution >= 0.6 is 0 Å². The van der Waals surface area contributed by atoms with Gasteiger partial charge >= 0.3 is 12.0 Å². The predicted octanol–water partition coefficient (Wildman–Crippen LogP) is 1.21. The number of urea groups is 1. The molecule has 2 rings (SSSR count). The van der Waals surface area contributed by atoms with E-state index in [4.69, 9.17) is 4.74 Å². The van der Waals surface area contributed by atoms with E-state index in [0.717, 1.165) is 24.0 Å². The second-order valence-corrected chi connectivity index (χ2v) is 6.07. The fourth-order valence-electron chi connectivity index (χ4n) is 2.89. The Hall–Kier alpha value is -2.41. The molecule has 0 spiro atoms. The number of nitrogens with zero attached hydrogens (tertiary/aromatic N) is 1. The van der Waals surface area contributed by atoms with Crippen molar-refractivity contribution in [2.24, 2.45) is 0 Å². The van der Waals surface area contributed by atoms with Gasteiger partial charge in [0.05, 0.1) is 13.7 Å². The van der Waals surface area contributed by atoms with Gasteiger partial charge in [-0.25, -0.2) is 4.79 Å². The van der Waals surface area contributed by atoms with Crippen molar-refractivity contribution in [3.8, 4) is 0 Å². The largest absolute Gasteiger partial charge is 0.468 e. The van der Waals surface area contributed by atoms with Crippen LogP contribution in [-0.4, -0.2) is 49.0 Å². The van der Waals surface area contributed by atoms with Crippen molar-refractivity contribution in [3.63, 3.8) is 0 Å². The fraction of sp³-hybridized carbons (Fsp3) is 0.500. The SMILES string of the molecule is CCCCNC(=O)NC(=O)CN1Cc2ccccc2C[C@H]1C(=O)OC. The molecular formula is C18H25N3O4. The molecule has 1 aliphatic heterocycles. The van der Waals surface area contributed by atoms with Crippen molar-refractivity contribution in [3.05, 3.63) is 35.4 Å². The maximum atomic E-state index is 12.2. The Morgan fingerprint density at radius 1 is 1.24 bits per heavy atom. The summed E-state index contributed by atoms with van der Waals surface area (Å²) < 4.78 is 4.87. The predicted molar refractivity (Wildman–Crippen MR) is 92.8 cm³/mol. The van der Waals surface area contributed by atoms with Crippen LogP contribution in [0.25, 0.3) is 0 Å². The van der Waals surface area contributed by atoms with Crippen molar-refractivity contribution in [1.29, 1.82) is 0 Å². The Kier molecular flexibility index (Phi) is 6.94. The lowest BCUT2D eigenvalue weighted by atomic mass is 9.94. The minimum absolute atomic E-state index is 0.0463. The van der Waals surface area contributed by atoms with Crippen LogP contribution in [0.3, 0.4) is 0 Å². The minimum atomic E-state index is -0.534. The van der Waals surface area contributed by atoms with E-state index in [1.807, 2.05) is 31.2 Å². The molecule has 25 heavy (non-hydrogen) atoms. The number of nitrogens with one attached hydrogen (secondary N) is 2. The molecule has 0 unspecified atom stereocenters. The molecule has 1 heterocycles. The van der Waals surface area contributed by atoms with E-state index in [9.17, 15) is 14.4 Å². The van der Waals surface area contributed by atoms with Gasteiger partial charge < -0.3 is 10.1 Å². The monoisotopic (exact) mass is 347 g/mol. The molecule has 7 nitrogen and oxygen atoms in total. The summed E-state index contributed by atoms with van der Waals surface area (Å²) in [4.78, 5) is 37.7. The molecule has 1 atom stereocenters. The van der Waals surface area contributed by atoms with Crippen molar-refractivity contribution >= 4 is 17.9 Å². The molecule has 0 aromatic heterocycles. The van der Waals surface area contributed by atoms with Crippen molar-refractivity contribution in [2.75, 3.05) is 20.2 Å². The number of imide groups is 1. The van der Waals surface area contributed by atoms with Gasteiger partial charge in [0.2, 0.25) is 5.91 Å². The van der Waals surface area contributed by atoms with Crippen LogP contribution in [0, 0.1) is 0 Å². The quantitative estimate of drug-likeness (QED) is 0.597. The highest BCUT2D eigenvalue weighted by Crippen LogP contribution is 2.23. The van der Waals surface area contributed by atoms with Crippen LogP contribution in [0.4, 0.5) is 4.79 Å². The maximum absolute atomic E-state index is 12.2. The molecular weight excluding hydrogens is 322 g/mol. The number of methoxy groups -OCH3 is 1. The van der Waals surface area contributed by atoms with E-state index in [1.165, 1.54) is 7.11 Å². The summed E-state index contributed by atoms with van der Waals surface area (Å²) in [7, 11) is 1.34. The Bertz CT molecular complexity index is 633. The highest BCUT2D eigenvalue weighted by molar-refractivity contribution is 5.95. The summed E-state index contributed by atoms with van der Waals surface area (Å²) in [5.41, 5.74) is 2.15. The maximum Gasteiger partial charge on any atom is 0.323 e. The summed E-state index contributed by atoms with van der Waals surface area (Å²) in [5.74, 6) is -0.822. The average molecular weight is 347 g/mol. The molecule has 1 aromatic rings. The van der Waals surface area contributed by atoms with Gasteiger partial charge in [0.15, 0.2) is 0 Å². The number of benzene rings is 1. The van der Waals surface area contributed by atoms with E-state index in [-0.39, 0.29) is 12.5 Å². The molecule has 136 valence electrons. The number of amides is 3. The first-order valence-corrected chi connectivity index (χ1v) is 8.51. The number of unbranched alkanes of at least 4 members (excludes halogenated alkanes) is 1. The summed E-state index contributed by atoms with van der Waals surface area (Å²) in [6.07, 6.45) is 2.30. The Morgan fingerprint density at radius 3 is 2.64 bits per heavy atom. The van der Waals surface area contributed by atoms with Crippen molar-refractivity contribution in [2.45, 2.75) is 38.8 Å². The van der Waals surface area contributed by atoms with Crippen LogP contribution in [0.5, 0.6) is 0 Å². The lowest BCUT2D eigenvalue weighted by Gasteiger charge is -2.34. The van der Waals surface area contributed by atoms with Crippen molar-refractivity contribution in [1.82, 2.24) is 15.5 Å². The van der Waals surface area contributed by atoms with E-state index in [2.05, 4.69) is 10.6 Å². The van der Waals surface area contributed by atoms with Gasteiger partial charge in [-0.05, 0) is 24.0 Å². The fourth-order valence-corrected chi connectivity index (χ4v) is 2.89. The van der Waals surface area contributed by atoms with E-state index in [0.29, 0.717) is 19.5 Å². The molecule has 3 amide bonds. The Morgan fingerprint density at radius 2 is 1.96 bits per heavy atom. The molecule has 0 saturated heterocycles. The van der Waals surface area contributed by atoms with Crippen LogP contribution < -0.4 is 10.6 Å².